The lowest BCUT2D eigenvalue weighted by molar-refractivity contribution is 0.266. The number of aliphatic hydroxyl groups excluding tert-OH is 1. The van der Waals surface area contributed by atoms with Gasteiger partial charge >= 0.3 is 0 Å². The predicted molar refractivity (Wildman–Crippen MR) is 60.8 cm³/mol. The standard InChI is InChI=1S/C10H12ClN3O2/c1-16-6-2-3-8-13-9(7(12)5-15)10(11)14(8)4-6/h2-4,7,15H,5,12H2,1H3. The molecule has 0 aromatic carbocycles. The molecule has 0 bridgehead atoms. The number of methoxy groups -OCH3 is 1. The van der Waals surface area contributed by atoms with Gasteiger partial charge in [0.05, 0.1) is 31.6 Å². The fraction of sp³-hybridized carbons (Fsp3) is 0.300. The third-order valence-electron chi connectivity index (χ3n) is 2.34. The summed E-state index contributed by atoms with van der Waals surface area (Å²) in [6.07, 6.45) is 1.72. The summed E-state index contributed by atoms with van der Waals surface area (Å²) in [6, 6.07) is 2.99. The molecule has 0 spiro atoms. The first-order valence-electron chi connectivity index (χ1n) is 4.75. The topological polar surface area (TPSA) is 72.8 Å². The molecule has 0 amide bonds. The van der Waals surface area contributed by atoms with Crippen molar-refractivity contribution >= 4 is 17.2 Å². The van der Waals surface area contributed by atoms with Gasteiger partial charge in [0.25, 0.3) is 0 Å². The van der Waals surface area contributed by atoms with Crippen LogP contribution in [0.25, 0.3) is 5.65 Å². The smallest absolute Gasteiger partial charge is 0.138 e. The van der Waals surface area contributed by atoms with Crippen molar-refractivity contribution in [2.24, 2.45) is 5.73 Å². The second kappa shape index (κ2) is 4.29. The number of hydrogen-bond acceptors (Lipinski definition) is 4. The SMILES string of the molecule is COc1ccc2nc(C(N)CO)c(Cl)n2c1. The van der Waals surface area contributed by atoms with E-state index in [0.29, 0.717) is 22.2 Å². The monoisotopic (exact) mass is 241 g/mol. The molecule has 0 radical (unpaired) electrons. The molecule has 0 fully saturated rings. The van der Waals surface area contributed by atoms with E-state index in [2.05, 4.69) is 4.98 Å². The summed E-state index contributed by atoms with van der Waals surface area (Å²) in [6.45, 7) is -0.194. The second-order valence-corrected chi connectivity index (χ2v) is 3.73. The zero-order valence-corrected chi connectivity index (χ0v) is 9.48. The molecule has 16 heavy (non-hydrogen) atoms. The number of aliphatic hydroxyl groups is 1. The van der Waals surface area contributed by atoms with Gasteiger partial charge < -0.3 is 15.6 Å². The van der Waals surface area contributed by atoms with E-state index in [9.17, 15) is 0 Å². The van der Waals surface area contributed by atoms with E-state index in [4.69, 9.17) is 27.2 Å². The Balaban J connectivity index is 2.59. The van der Waals surface area contributed by atoms with E-state index in [-0.39, 0.29) is 6.61 Å². The molecule has 6 heteroatoms. The Labute approximate surface area is 97.4 Å². The lowest BCUT2D eigenvalue weighted by atomic mass is 10.2. The summed E-state index contributed by atoms with van der Waals surface area (Å²) in [4.78, 5) is 4.25. The zero-order valence-electron chi connectivity index (χ0n) is 8.72. The Hall–Kier alpha value is -1.30. The van der Waals surface area contributed by atoms with Gasteiger partial charge in [0.15, 0.2) is 0 Å². The largest absolute Gasteiger partial charge is 0.495 e. The molecule has 0 aliphatic heterocycles. The van der Waals surface area contributed by atoms with Gasteiger partial charge in [-0.05, 0) is 12.1 Å². The Morgan fingerprint density at radius 3 is 3.00 bits per heavy atom. The van der Waals surface area contributed by atoms with Gasteiger partial charge in [-0.15, -0.1) is 0 Å². The summed E-state index contributed by atoms with van der Waals surface area (Å²) >= 11 is 6.11. The third kappa shape index (κ3) is 1.73. The maximum Gasteiger partial charge on any atom is 0.138 e. The van der Waals surface area contributed by atoms with Crippen molar-refractivity contribution < 1.29 is 9.84 Å². The Bertz CT molecular complexity index is 512. The quantitative estimate of drug-likeness (QED) is 0.841. The van der Waals surface area contributed by atoms with Crippen LogP contribution in [-0.4, -0.2) is 28.2 Å². The third-order valence-corrected chi connectivity index (χ3v) is 2.72. The van der Waals surface area contributed by atoms with Crippen LogP contribution in [0.15, 0.2) is 18.3 Å². The van der Waals surface area contributed by atoms with Gasteiger partial charge in [0.1, 0.15) is 16.5 Å². The molecule has 86 valence electrons. The van der Waals surface area contributed by atoms with Gasteiger partial charge in [-0.2, -0.15) is 0 Å². The Kier molecular flexibility index (Phi) is 3.00. The molecule has 2 aromatic rings. The summed E-state index contributed by atoms with van der Waals surface area (Å²) in [5.74, 6) is 0.677. The Morgan fingerprint density at radius 2 is 2.38 bits per heavy atom. The highest BCUT2D eigenvalue weighted by Gasteiger charge is 2.16. The van der Waals surface area contributed by atoms with Crippen LogP contribution in [0, 0.1) is 0 Å². The van der Waals surface area contributed by atoms with E-state index < -0.39 is 6.04 Å². The summed E-state index contributed by atoms with van der Waals surface area (Å²) in [7, 11) is 1.58. The van der Waals surface area contributed by atoms with E-state index >= 15 is 0 Å². The van der Waals surface area contributed by atoms with Crippen LogP contribution in [0.5, 0.6) is 5.75 Å². The molecule has 2 aromatic heterocycles. The number of halogens is 1. The van der Waals surface area contributed by atoms with Crippen molar-refractivity contribution in [3.05, 3.63) is 29.2 Å². The van der Waals surface area contributed by atoms with Crippen molar-refractivity contribution in [2.45, 2.75) is 6.04 Å². The Morgan fingerprint density at radius 1 is 1.62 bits per heavy atom. The highest BCUT2D eigenvalue weighted by atomic mass is 35.5. The summed E-state index contributed by atoms with van der Waals surface area (Å²) in [5, 5.41) is 9.38. The van der Waals surface area contributed by atoms with Crippen LogP contribution in [-0.2, 0) is 0 Å². The highest BCUT2D eigenvalue weighted by molar-refractivity contribution is 6.30. The number of rotatable bonds is 3. The summed E-state index contributed by atoms with van der Waals surface area (Å²) < 4.78 is 6.76. The fourth-order valence-corrected chi connectivity index (χ4v) is 1.78. The zero-order chi connectivity index (χ0) is 11.7. The van der Waals surface area contributed by atoms with Crippen molar-refractivity contribution in [1.82, 2.24) is 9.38 Å². The average molecular weight is 242 g/mol. The first kappa shape index (κ1) is 11.2. The van der Waals surface area contributed by atoms with Crippen molar-refractivity contribution in [3.63, 3.8) is 0 Å². The molecular weight excluding hydrogens is 230 g/mol. The molecule has 0 aliphatic rings. The molecule has 3 N–H and O–H groups in total. The molecule has 1 unspecified atom stereocenters. The number of nitrogens with two attached hydrogens (primary N) is 1. The van der Waals surface area contributed by atoms with Crippen molar-refractivity contribution in [1.29, 1.82) is 0 Å². The summed E-state index contributed by atoms with van der Waals surface area (Å²) in [5.41, 5.74) is 6.84. The number of hydrogen-bond donors (Lipinski definition) is 2. The number of fused-ring (bicyclic) bond motifs is 1. The van der Waals surface area contributed by atoms with Gasteiger partial charge in [-0.3, -0.25) is 4.40 Å². The minimum Gasteiger partial charge on any atom is -0.495 e. The van der Waals surface area contributed by atoms with E-state index in [0.717, 1.165) is 0 Å². The van der Waals surface area contributed by atoms with Crippen LogP contribution in [0.1, 0.15) is 11.7 Å². The molecule has 0 saturated carbocycles. The van der Waals surface area contributed by atoms with Crippen LogP contribution >= 0.6 is 11.6 Å². The lowest BCUT2D eigenvalue weighted by Gasteiger charge is -2.04. The van der Waals surface area contributed by atoms with Crippen molar-refractivity contribution in [2.75, 3.05) is 13.7 Å². The lowest BCUT2D eigenvalue weighted by Crippen LogP contribution is -2.15. The molecule has 0 saturated heterocycles. The van der Waals surface area contributed by atoms with Crippen LogP contribution in [0.3, 0.4) is 0 Å². The van der Waals surface area contributed by atoms with Gasteiger partial charge in [-0.25, -0.2) is 4.98 Å². The van der Waals surface area contributed by atoms with E-state index in [1.54, 1.807) is 29.8 Å². The number of ether oxygens (including phenoxy) is 1. The second-order valence-electron chi connectivity index (χ2n) is 3.37. The van der Waals surface area contributed by atoms with Crippen LogP contribution < -0.4 is 10.5 Å². The first-order valence-corrected chi connectivity index (χ1v) is 5.13. The van der Waals surface area contributed by atoms with Gasteiger partial charge in [-0.1, -0.05) is 11.6 Å². The molecule has 2 heterocycles. The minimum atomic E-state index is -0.571. The van der Waals surface area contributed by atoms with E-state index in [1.807, 2.05) is 0 Å². The number of pyridine rings is 1. The minimum absolute atomic E-state index is 0.194. The number of aromatic nitrogens is 2. The maximum atomic E-state index is 8.98. The van der Waals surface area contributed by atoms with Crippen LogP contribution in [0.2, 0.25) is 5.15 Å². The number of imidazole rings is 1. The average Bonchev–Trinajstić information content (AvgIpc) is 2.65. The predicted octanol–water partition coefficient (Wildman–Crippen LogP) is 0.988. The van der Waals surface area contributed by atoms with Gasteiger partial charge in [0.2, 0.25) is 0 Å². The number of nitrogens with zero attached hydrogens (tertiary/aromatic N) is 2. The molecule has 0 aliphatic carbocycles. The van der Waals surface area contributed by atoms with Gasteiger partial charge in [0, 0.05) is 0 Å². The molecule has 1 atom stereocenters. The van der Waals surface area contributed by atoms with Crippen LogP contribution in [0.4, 0.5) is 0 Å². The normalized spacial score (nSPS) is 13.0. The molecule has 5 nitrogen and oxygen atoms in total. The fourth-order valence-electron chi connectivity index (χ4n) is 1.46. The van der Waals surface area contributed by atoms with E-state index in [1.165, 1.54) is 0 Å². The van der Waals surface area contributed by atoms with Crippen molar-refractivity contribution in [3.8, 4) is 5.75 Å². The highest BCUT2D eigenvalue weighted by Crippen LogP contribution is 2.24. The molecule has 2 rings (SSSR count). The molecular formula is C10H12ClN3O2. The first-order chi connectivity index (χ1) is 7.67. The maximum absolute atomic E-state index is 8.98.